The van der Waals surface area contributed by atoms with E-state index in [4.69, 9.17) is 21.1 Å². The predicted octanol–water partition coefficient (Wildman–Crippen LogP) is 4.28. The van der Waals surface area contributed by atoms with Gasteiger partial charge in [0.2, 0.25) is 9.79 Å². The summed E-state index contributed by atoms with van der Waals surface area (Å²) in [5, 5.41) is 0.500. The third-order valence-electron chi connectivity index (χ3n) is 3.63. The van der Waals surface area contributed by atoms with Crippen LogP contribution in [0.15, 0.2) is 46.2 Å². The second-order valence-corrected chi connectivity index (χ2v) is 7.00. The molecule has 23 heavy (non-hydrogen) atoms. The van der Waals surface area contributed by atoms with Crippen molar-refractivity contribution in [1.82, 2.24) is 0 Å². The van der Waals surface area contributed by atoms with Crippen molar-refractivity contribution in [2.24, 2.45) is 0 Å². The Kier molecular flexibility index (Phi) is 4.53. The first-order valence-corrected chi connectivity index (χ1v) is 8.73. The number of carbonyl (C=O) groups is 1. The fourth-order valence-corrected chi connectivity index (χ4v) is 3.91. The molecule has 2 aromatic carbocycles. The molecule has 120 valence electrons. The Labute approximate surface area is 142 Å². The molecule has 1 aliphatic rings. The lowest BCUT2D eigenvalue weighted by molar-refractivity contribution is -0.144. The number of halogens is 1. The minimum atomic E-state index is -1.41. The van der Waals surface area contributed by atoms with E-state index in [1.165, 1.54) is 0 Å². The summed E-state index contributed by atoms with van der Waals surface area (Å²) >= 11 is 4.57. The molecule has 0 saturated carbocycles. The zero-order valence-corrected chi connectivity index (χ0v) is 14.2. The average Bonchev–Trinajstić information content (AvgIpc) is 2.55. The Bertz CT molecular complexity index is 762. The molecule has 3 rings (SSSR count). The van der Waals surface area contributed by atoms with Gasteiger partial charge in [0.25, 0.3) is 0 Å². The summed E-state index contributed by atoms with van der Waals surface area (Å²) in [6.07, 6.45) is 0. The van der Waals surface area contributed by atoms with Gasteiger partial charge in [-0.05, 0) is 37.6 Å². The maximum absolute atomic E-state index is 12.8. The molecular formula is C17H15ClO4S. The number of ether oxygens (including phenoxy) is 2. The van der Waals surface area contributed by atoms with E-state index in [9.17, 15) is 9.35 Å². The number of fused-ring (bicyclic) bond motifs is 2. The molecule has 0 N–H and O–H groups in total. The van der Waals surface area contributed by atoms with Gasteiger partial charge in [-0.25, -0.2) is 0 Å². The van der Waals surface area contributed by atoms with Crippen molar-refractivity contribution in [2.45, 2.75) is 29.6 Å². The minimum Gasteiger partial charge on any atom is -0.606 e. The van der Waals surface area contributed by atoms with E-state index in [2.05, 4.69) is 0 Å². The summed E-state index contributed by atoms with van der Waals surface area (Å²) in [6.45, 7) is 3.85. The first kappa shape index (κ1) is 16.2. The second-order valence-electron chi connectivity index (χ2n) is 5.14. The van der Waals surface area contributed by atoms with Gasteiger partial charge in [0, 0.05) is 28.3 Å². The van der Waals surface area contributed by atoms with E-state index in [1.807, 2.05) is 0 Å². The summed E-state index contributed by atoms with van der Waals surface area (Å²) in [6, 6.07) is 10.3. The topological polar surface area (TPSA) is 58.6 Å². The van der Waals surface area contributed by atoms with E-state index in [0.717, 1.165) is 5.56 Å². The molecule has 6 heteroatoms. The zero-order chi connectivity index (χ0) is 16.6. The Hall–Kier alpha value is -1.69. The lowest BCUT2D eigenvalue weighted by Gasteiger charge is -2.23. The van der Waals surface area contributed by atoms with E-state index in [-0.39, 0.29) is 5.97 Å². The Morgan fingerprint density at radius 1 is 1.26 bits per heavy atom. The van der Waals surface area contributed by atoms with Crippen LogP contribution < -0.4 is 4.74 Å². The van der Waals surface area contributed by atoms with Crippen LogP contribution in [-0.2, 0) is 20.7 Å². The van der Waals surface area contributed by atoms with Gasteiger partial charge >= 0.3 is 5.97 Å². The number of esters is 1. The van der Waals surface area contributed by atoms with Crippen LogP contribution in [0.25, 0.3) is 0 Å². The van der Waals surface area contributed by atoms with Crippen LogP contribution in [0.3, 0.4) is 0 Å². The summed E-state index contributed by atoms with van der Waals surface area (Å²) in [5.74, 6) is 0.320. The predicted molar refractivity (Wildman–Crippen MR) is 87.7 cm³/mol. The monoisotopic (exact) mass is 350 g/mol. The van der Waals surface area contributed by atoms with Gasteiger partial charge in [0.1, 0.15) is 0 Å². The smallest absolute Gasteiger partial charge is 0.313 e. The molecule has 0 aromatic heterocycles. The van der Waals surface area contributed by atoms with Crippen molar-refractivity contribution in [3.05, 3.63) is 47.0 Å². The number of carbonyl (C=O) groups excluding carboxylic acids is 1. The number of hydrogen-bond acceptors (Lipinski definition) is 4. The first-order valence-electron chi connectivity index (χ1n) is 7.21. The van der Waals surface area contributed by atoms with Crippen LogP contribution in [0.5, 0.6) is 11.5 Å². The van der Waals surface area contributed by atoms with Crippen molar-refractivity contribution >= 4 is 28.7 Å². The molecule has 0 fully saturated rings. The SMILES string of the molecule is CCOC(=O)C(C)c1ccc2c(c1)[S+]([O-])c1cc(Cl)ccc1O2. The maximum atomic E-state index is 12.8. The molecule has 1 heterocycles. The summed E-state index contributed by atoms with van der Waals surface area (Å²) in [5.41, 5.74) is 0.740. The number of hydrogen-bond donors (Lipinski definition) is 0. The normalized spacial score (nSPS) is 16.8. The molecule has 0 amide bonds. The average molecular weight is 351 g/mol. The Morgan fingerprint density at radius 2 is 1.91 bits per heavy atom. The molecule has 0 bridgehead atoms. The van der Waals surface area contributed by atoms with Crippen LogP contribution >= 0.6 is 11.6 Å². The van der Waals surface area contributed by atoms with Gasteiger partial charge in [-0.2, -0.15) is 0 Å². The highest BCUT2D eigenvalue weighted by Gasteiger charge is 2.32. The maximum Gasteiger partial charge on any atom is 0.313 e. The van der Waals surface area contributed by atoms with Crippen molar-refractivity contribution in [3.8, 4) is 11.5 Å². The van der Waals surface area contributed by atoms with E-state index < -0.39 is 17.1 Å². The molecule has 0 saturated heterocycles. The third kappa shape index (κ3) is 3.04. The summed E-state index contributed by atoms with van der Waals surface area (Å²) in [4.78, 5) is 13.0. The highest BCUT2D eigenvalue weighted by molar-refractivity contribution is 7.91. The minimum absolute atomic E-state index is 0.307. The van der Waals surface area contributed by atoms with Gasteiger partial charge in [-0.3, -0.25) is 4.79 Å². The van der Waals surface area contributed by atoms with Crippen molar-refractivity contribution in [3.63, 3.8) is 0 Å². The highest BCUT2D eigenvalue weighted by atomic mass is 35.5. The Balaban J connectivity index is 1.97. The van der Waals surface area contributed by atoms with Crippen LogP contribution in [0.1, 0.15) is 25.3 Å². The van der Waals surface area contributed by atoms with Crippen LogP contribution in [0.4, 0.5) is 0 Å². The molecule has 2 unspecified atom stereocenters. The highest BCUT2D eigenvalue weighted by Crippen LogP contribution is 2.44. The van der Waals surface area contributed by atoms with Crippen molar-refractivity contribution in [1.29, 1.82) is 0 Å². The van der Waals surface area contributed by atoms with Crippen molar-refractivity contribution in [2.75, 3.05) is 6.61 Å². The van der Waals surface area contributed by atoms with Gasteiger partial charge < -0.3 is 14.0 Å². The van der Waals surface area contributed by atoms with Gasteiger partial charge in [0.05, 0.1) is 12.5 Å². The molecule has 2 atom stereocenters. The second kappa shape index (κ2) is 6.43. The van der Waals surface area contributed by atoms with E-state index in [1.54, 1.807) is 50.2 Å². The quantitative estimate of drug-likeness (QED) is 0.612. The van der Waals surface area contributed by atoms with Gasteiger partial charge in [-0.1, -0.05) is 17.7 Å². The van der Waals surface area contributed by atoms with Crippen LogP contribution in [0, 0.1) is 0 Å². The zero-order valence-electron chi connectivity index (χ0n) is 12.7. The molecule has 4 nitrogen and oxygen atoms in total. The molecule has 2 aromatic rings. The summed E-state index contributed by atoms with van der Waals surface area (Å²) < 4.78 is 23.6. The number of benzene rings is 2. The van der Waals surface area contributed by atoms with Gasteiger partial charge in [0.15, 0.2) is 11.5 Å². The molecule has 0 spiro atoms. The third-order valence-corrected chi connectivity index (χ3v) is 5.31. The lowest BCUT2D eigenvalue weighted by atomic mass is 10.0. The van der Waals surface area contributed by atoms with Crippen LogP contribution in [0.2, 0.25) is 5.02 Å². The largest absolute Gasteiger partial charge is 0.606 e. The van der Waals surface area contributed by atoms with E-state index in [0.29, 0.717) is 32.9 Å². The molecule has 0 radical (unpaired) electrons. The molecular weight excluding hydrogens is 336 g/mol. The summed E-state index contributed by atoms with van der Waals surface area (Å²) in [7, 11) is 0. The molecule has 1 aliphatic heterocycles. The first-order chi connectivity index (χ1) is 11.0. The van der Waals surface area contributed by atoms with Crippen molar-refractivity contribution < 1.29 is 18.8 Å². The fourth-order valence-electron chi connectivity index (χ4n) is 2.37. The lowest BCUT2D eigenvalue weighted by Crippen LogP contribution is -2.15. The standard InChI is InChI=1S/C17H15ClO4S/c1-3-21-17(19)10(2)11-4-6-13-15(8-11)23(20)16-9-12(18)5-7-14(16)22-13/h4-10H,3H2,1-2H3. The van der Waals surface area contributed by atoms with E-state index >= 15 is 0 Å². The van der Waals surface area contributed by atoms with Gasteiger partial charge in [-0.15, -0.1) is 0 Å². The fraction of sp³-hybridized carbons (Fsp3) is 0.235. The molecule has 0 aliphatic carbocycles. The Morgan fingerprint density at radius 3 is 2.61 bits per heavy atom. The van der Waals surface area contributed by atoms with Crippen LogP contribution in [-0.4, -0.2) is 17.1 Å². The number of rotatable bonds is 3.